The Morgan fingerprint density at radius 1 is 0.750 bits per heavy atom. The predicted octanol–water partition coefficient (Wildman–Crippen LogP) is 10.8. The van der Waals surface area contributed by atoms with Crippen LogP contribution in [-0.4, -0.2) is 33.6 Å². The van der Waals surface area contributed by atoms with E-state index in [4.69, 9.17) is 9.72 Å². The molecule has 0 fully saturated rings. The van der Waals surface area contributed by atoms with Gasteiger partial charge in [-0.05, 0) is 56.9 Å². The van der Waals surface area contributed by atoms with Gasteiger partial charge >= 0.3 is 5.97 Å². The van der Waals surface area contributed by atoms with Crippen molar-refractivity contribution in [2.75, 3.05) is 18.0 Å². The van der Waals surface area contributed by atoms with Crippen LogP contribution < -0.4 is 4.90 Å². The molecule has 2 aromatic heterocycles. The van der Waals surface area contributed by atoms with Crippen LogP contribution in [0.25, 0.3) is 10.9 Å². The number of hydrogen-bond acceptors (Lipinski definition) is 5. The largest absolute Gasteiger partial charge is 0.438 e. The summed E-state index contributed by atoms with van der Waals surface area (Å²) in [7, 11) is 0. The van der Waals surface area contributed by atoms with Gasteiger partial charge in [0.1, 0.15) is 5.69 Å². The Hall–Kier alpha value is -3.67. The van der Waals surface area contributed by atoms with Crippen molar-refractivity contribution in [2.24, 2.45) is 0 Å². The number of anilines is 1. The van der Waals surface area contributed by atoms with E-state index in [-0.39, 0.29) is 0 Å². The van der Waals surface area contributed by atoms with Gasteiger partial charge in [0.2, 0.25) is 5.60 Å². The number of benzene rings is 2. The van der Waals surface area contributed by atoms with Crippen LogP contribution in [0.4, 0.5) is 5.69 Å². The number of aromatic nitrogens is 3. The topological polar surface area (TPSA) is 60.2 Å². The molecular formula is C42H58N4O2. The third-order valence-corrected chi connectivity index (χ3v) is 10.3. The summed E-state index contributed by atoms with van der Waals surface area (Å²) in [6.07, 6.45) is 20.7. The van der Waals surface area contributed by atoms with Crippen molar-refractivity contribution >= 4 is 22.6 Å². The Morgan fingerprint density at radius 3 is 2.06 bits per heavy atom. The SMILES string of the molecule is CCCCCCCCn1c(C)c(C2(c3ccc(N(CCCCCC)CCCCCC)cc3C)OC(=O)c3nccnc32)c2ccccc21. The first kappa shape index (κ1) is 35.6. The number of rotatable bonds is 20. The molecular weight excluding hydrogens is 592 g/mol. The number of fused-ring (bicyclic) bond motifs is 2. The predicted molar refractivity (Wildman–Crippen MR) is 199 cm³/mol. The lowest BCUT2D eigenvalue weighted by Gasteiger charge is -2.32. The zero-order valence-electron chi connectivity index (χ0n) is 30.3. The van der Waals surface area contributed by atoms with Gasteiger partial charge in [-0.2, -0.15) is 0 Å². The molecule has 0 aliphatic carbocycles. The molecule has 0 radical (unpaired) electrons. The lowest BCUT2D eigenvalue weighted by Crippen LogP contribution is -2.33. The van der Waals surface area contributed by atoms with E-state index in [1.807, 2.05) is 0 Å². The second kappa shape index (κ2) is 17.1. The number of unbranched alkanes of at least 4 members (excludes halogenated alkanes) is 11. The molecule has 6 heteroatoms. The van der Waals surface area contributed by atoms with E-state index >= 15 is 0 Å². The Bertz CT molecular complexity index is 1630. The van der Waals surface area contributed by atoms with Crippen LogP contribution in [0.3, 0.4) is 0 Å². The molecule has 3 heterocycles. The summed E-state index contributed by atoms with van der Waals surface area (Å²) in [4.78, 5) is 25.6. The molecule has 0 amide bonds. The monoisotopic (exact) mass is 650 g/mol. The van der Waals surface area contributed by atoms with Crippen LogP contribution in [0.15, 0.2) is 54.9 Å². The lowest BCUT2D eigenvalue weighted by molar-refractivity contribution is 0.0241. The highest BCUT2D eigenvalue weighted by molar-refractivity contribution is 5.96. The summed E-state index contributed by atoms with van der Waals surface area (Å²) in [5.74, 6) is -0.415. The number of esters is 1. The highest BCUT2D eigenvalue weighted by atomic mass is 16.6. The number of carbonyl (C=O) groups is 1. The van der Waals surface area contributed by atoms with E-state index < -0.39 is 11.6 Å². The van der Waals surface area contributed by atoms with Crippen molar-refractivity contribution in [1.82, 2.24) is 14.5 Å². The molecule has 0 N–H and O–H groups in total. The molecule has 1 unspecified atom stereocenters. The second-order valence-corrected chi connectivity index (χ2v) is 13.8. The molecule has 0 spiro atoms. The van der Waals surface area contributed by atoms with Crippen LogP contribution >= 0.6 is 0 Å². The van der Waals surface area contributed by atoms with Gasteiger partial charge in [-0.3, -0.25) is 4.98 Å². The van der Waals surface area contributed by atoms with Crippen LogP contribution in [0.1, 0.15) is 149 Å². The Balaban J connectivity index is 1.59. The minimum atomic E-state index is -1.19. The van der Waals surface area contributed by atoms with Gasteiger partial charge in [0.05, 0.1) is 0 Å². The fourth-order valence-electron chi connectivity index (χ4n) is 7.75. The van der Waals surface area contributed by atoms with Crippen molar-refractivity contribution in [3.05, 3.63) is 88.6 Å². The average molecular weight is 651 g/mol. The van der Waals surface area contributed by atoms with Gasteiger partial charge in [0.25, 0.3) is 0 Å². The summed E-state index contributed by atoms with van der Waals surface area (Å²) in [5, 5.41) is 1.10. The van der Waals surface area contributed by atoms with Crippen molar-refractivity contribution in [3.63, 3.8) is 0 Å². The van der Waals surface area contributed by atoms with Gasteiger partial charge in [0, 0.05) is 65.4 Å². The standard InChI is InChI=1S/C42H58N4O2/c1-6-9-12-15-16-21-30-46-33(5)38(35-22-17-18-23-37(35)46)42(40-39(41(47)48-42)43-26-27-44-40)36-25-24-34(31-32(36)4)45(28-19-13-10-7-2)29-20-14-11-8-3/h17-18,22-27,31H,6-16,19-21,28-30H2,1-5H3. The van der Waals surface area contributed by atoms with Crippen LogP contribution in [0, 0.1) is 13.8 Å². The van der Waals surface area contributed by atoms with Crippen molar-refractivity contribution in [2.45, 2.75) is 137 Å². The van der Waals surface area contributed by atoms with Crippen molar-refractivity contribution in [1.29, 1.82) is 0 Å². The molecule has 0 bridgehead atoms. The number of cyclic esters (lactones) is 1. The van der Waals surface area contributed by atoms with Crippen molar-refractivity contribution < 1.29 is 9.53 Å². The average Bonchev–Trinajstić information content (AvgIpc) is 3.55. The highest BCUT2D eigenvalue weighted by Crippen LogP contribution is 2.51. The molecule has 0 saturated carbocycles. The van der Waals surface area contributed by atoms with Gasteiger partial charge in [-0.25, -0.2) is 9.78 Å². The van der Waals surface area contributed by atoms with Gasteiger partial charge in [-0.1, -0.05) is 116 Å². The van der Waals surface area contributed by atoms with E-state index in [1.165, 1.54) is 94.7 Å². The fourth-order valence-corrected chi connectivity index (χ4v) is 7.75. The quantitative estimate of drug-likeness (QED) is 0.0703. The molecule has 4 aromatic rings. The van der Waals surface area contributed by atoms with Crippen LogP contribution in [0.2, 0.25) is 0 Å². The molecule has 5 rings (SSSR count). The van der Waals surface area contributed by atoms with E-state index in [9.17, 15) is 4.79 Å². The Kier molecular flexibility index (Phi) is 12.7. The maximum absolute atomic E-state index is 13.7. The van der Waals surface area contributed by atoms with E-state index in [2.05, 4.69) is 91.5 Å². The summed E-state index contributed by atoms with van der Waals surface area (Å²) in [5.41, 5.74) is 6.30. The molecule has 6 nitrogen and oxygen atoms in total. The molecule has 0 saturated heterocycles. The molecule has 1 aliphatic heterocycles. The van der Waals surface area contributed by atoms with E-state index in [1.54, 1.807) is 12.4 Å². The lowest BCUT2D eigenvalue weighted by atomic mass is 9.79. The maximum Gasteiger partial charge on any atom is 0.360 e. The number of nitrogens with zero attached hydrogens (tertiary/aromatic N) is 4. The molecule has 2 aromatic carbocycles. The first-order chi connectivity index (χ1) is 23.5. The van der Waals surface area contributed by atoms with E-state index in [0.717, 1.165) is 53.8 Å². The first-order valence-electron chi connectivity index (χ1n) is 19.0. The summed E-state index contributed by atoms with van der Waals surface area (Å²) in [6, 6.07) is 15.3. The number of hydrogen-bond donors (Lipinski definition) is 0. The van der Waals surface area contributed by atoms with Crippen LogP contribution in [-0.2, 0) is 16.9 Å². The van der Waals surface area contributed by atoms with Gasteiger partial charge in [-0.15, -0.1) is 0 Å². The highest BCUT2D eigenvalue weighted by Gasteiger charge is 2.54. The summed E-state index contributed by atoms with van der Waals surface area (Å²) in [6.45, 7) is 14.2. The fraction of sp³-hybridized carbons (Fsp3) is 0.548. The molecule has 48 heavy (non-hydrogen) atoms. The molecule has 1 atom stereocenters. The van der Waals surface area contributed by atoms with Crippen molar-refractivity contribution in [3.8, 4) is 0 Å². The van der Waals surface area contributed by atoms with Gasteiger partial charge < -0.3 is 14.2 Å². The third-order valence-electron chi connectivity index (χ3n) is 10.3. The van der Waals surface area contributed by atoms with E-state index in [0.29, 0.717) is 11.4 Å². The number of carbonyl (C=O) groups excluding carboxylic acids is 1. The van der Waals surface area contributed by atoms with Crippen LogP contribution in [0.5, 0.6) is 0 Å². The normalized spacial score (nSPS) is 15.6. The second-order valence-electron chi connectivity index (χ2n) is 13.8. The van der Waals surface area contributed by atoms with Gasteiger partial charge in [0.15, 0.2) is 5.69 Å². The molecule has 1 aliphatic rings. The number of para-hydroxylation sites is 1. The molecule has 258 valence electrons. The number of ether oxygens (including phenoxy) is 1. The zero-order valence-corrected chi connectivity index (χ0v) is 30.3. The Labute approximate surface area is 289 Å². The third kappa shape index (κ3) is 7.48. The smallest absolute Gasteiger partial charge is 0.360 e. The first-order valence-corrected chi connectivity index (χ1v) is 19.0. The number of aryl methyl sites for hydroxylation is 2. The zero-order chi connectivity index (χ0) is 33.9. The Morgan fingerprint density at radius 2 is 1.38 bits per heavy atom. The summed E-state index contributed by atoms with van der Waals surface area (Å²) < 4.78 is 9.07. The summed E-state index contributed by atoms with van der Waals surface area (Å²) >= 11 is 0. The minimum absolute atomic E-state index is 0.307. The minimum Gasteiger partial charge on any atom is -0.438 e. The maximum atomic E-state index is 13.7.